The standard InChI is InChI=1S/C14H11Cl2N3O3S/c1-7(20)18-19-13(22)10-4-5-23-14(10)17-12(21)9-3-2-8(15)6-11(9)16/h2-6H,1H3,(H,17,21)(H,18,20)(H,19,22). The Hall–Kier alpha value is -2.09. The van der Waals surface area contributed by atoms with Crippen LogP contribution in [0.2, 0.25) is 10.0 Å². The number of hydrogen-bond acceptors (Lipinski definition) is 4. The smallest absolute Gasteiger partial charge is 0.272 e. The highest BCUT2D eigenvalue weighted by atomic mass is 35.5. The van der Waals surface area contributed by atoms with Gasteiger partial charge in [0.05, 0.1) is 16.1 Å². The van der Waals surface area contributed by atoms with Crippen molar-refractivity contribution in [3.8, 4) is 0 Å². The predicted octanol–water partition coefficient (Wildman–Crippen LogP) is 3.09. The predicted molar refractivity (Wildman–Crippen MR) is 90.0 cm³/mol. The van der Waals surface area contributed by atoms with Gasteiger partial charge >= 0.3 is 0 Å². The minimum absolute atomic E-state index is 0.204. The number of nitrogens with one attached hydrogen (secondary N) is 3. The van der Waals surface area contributed by atoms with E-state index in [1.165, 1.54) is 36.5 Å². The van der Waals surface area contributed by atoms with E-state index in [1.807, 2.05) is 0 Å². The van der Waals surface area contributed by atoms with Gasteiger partial charge in [-0.05, 0) is 29.6 Å². The Morgan fingerprint density at radius 2 is 1.74 bits per heavy atom. The Morgan fingerprint density at radius 3 is 2.39 bits per heavy atom. The molecule has 2 rings (SSSR count). The third kappa shape index (κ3) is 4.44. The van der Waals surface area contributed by atoms with Gasteiger partial charge in [0.15, 0.2) is 0 Å². The normalized spacial score (nSPS) is 10.0. The van der Waals surface area contributed by atoms with Gasteiger partial charge in [-0.3, -0.25) is 25.2 Å². The van der Waals surface area contributed by atoms with E-state index in [2.05, 4.69) is 16.2 Å². The molecule has 0 aliphatic rings. The maximum atomic E-state index is 12.3. The summed E-state index contributed by atoms with van der Waals surface area (Å²) >= 11 is 12.9. The molecule has 3 N–H and O–H groups in total. The Kier molecular flexibility index (Phi) is 5.59. The second-order valence-corrected chi connectivity index (χ2v) is 6.14. The molecule has 0 saturated carbocycles. The van der Waals surface area contributed by atoms with Gasteiger partial charge in [0.1, 0.15) is 5.00 Å². The van der Waals surface area contributed by atoms with E-state index >= 15 is 0 Å². The summed E-state index contributed by atoms with van der Waals surface area (Å²) in [6.45, 7) is 1.26. The maximum absolute atomic E-state index is 12.3. The molecule has 1 heterocycles. The lowest BCUT2D eigenvalue weighted by Crippen LogP contribution is -2.40. The van der Waals surface area contributed by atoms with Crippen LogP contribution in [-0.2, 0) is 4.79 Å². The monoisotopic (exact) mass is 371 g/mol. The fourth-order valence-corrected chi connectivity index (χ4v) is 2.91. The van der Waals surface area contributed by atoms with Crippen LogP contribution in [0, 0.1) is 0 Å². The van der Waals surface area contributed by atoms with Crippen LogP contribution in [0.25, 0.3) is 0 Å². The summed E-state index contributed by atoms with van der Waals surface area (Å²) in [5, 5.41) is 5.21. The molecule has 0 atom stereocenters. The molecule has 0 aliphatic carbocycles. The van der Waals surface area contributed by atoms with Crippen LogP contribution in [-0.4, -0.2) is 17.7 Å². The van der Waals surface area contributed by atoms with E-state index in [4.69, 9.17) is 23.2 Å². The molecule has 23 heavy (non-hydrogen) atoms. The summed E-state index contributed by atoms with van der Waals surface area (Å²) in [6.07, 6.45) is 0. The lowest BCUT2D eigenvalue weighted by Gasteiger charge is -2.08. The molecule has 0 aliphatic heterocycles. The molecule has 9 heteroatoms. The van der Waals surface area contributed by atoms with Crippen LogP contribution in [0.4, 0.5) is 5.00 Å². The first-order valence-corrected chi connectivity index (χ1v) is 7.93. The molecular formula is C14H11Cl2N3O3S. The third-order valence-electron chi connectivity index (χ3n) is 2.66. The SMILES string of the molecule is CC(=O)NNC(=O)c1ccsc1NC(=O)c1ccc(Cl)cc1Cl. The third-order valence-corrected chi connectivity index (χ3v) is 4.04. The Balaban J connectivity index is 2.15. The number of amides is 3. The van der Waals surface area contributed by atoms with Gasteiger partial charge in [0.25, 0.3) is 11.8 Å². The fraction of sp³-hybridized carbons (Fsp3) is 0.0714. The number of benzene rings is 1. The molecule has 0 unspecified atom stereocenters. The summed E-state index contributed by atoms with van der Waals surface area (Å²) in [5.74, 6) is -1.42. The minimum atomic E-state index is -0.543. The maximum Gasteiger partial charge on any atom is 0.272 e. The van der Waals surface area contributed by atoms with Crippen molar-refractivity contribution in [2.45, 2.75) is 6.92 Å². The zero-order chi connectivity index (χ0) is 17.0. The largest absolute Gasteiger partial charge is 0.313 e. The first-order valence-electron chi connectivity index (χ1n) is 6.29. The number of hydrogen-bond donors (Lipinski definition) is 3. The summed E-state index contributed by atoms with van der Waals surface area (Å²) in [4.78, 5) is 35.0. The number of rotatable bonds is 3. The molecule has 2 aromatic rings. The second kappa shape index (κ2) is 7.45. The van der Waals surface area contributed by atoms with E-state index < -0.39 is 17.7 Å². The second-order valence-electron chi connectivity index (χ2n) is 4.38. The van der Waals surface area contributed by atoms with Gasteiger partial charge in [0.2, 0.25) is 5.91 Å². The Bertz CT molecular complexity index is 776. The van der Waals surface area contributed by atoms with Gasteiger partial charge in [-0.25, -0.2) is 0 Å². The van der Waals surface area contributed by atoms with Gasteiger partial charge < -0.3 is 5.32 Å². The summed E-state index contributed by atoms with van der Waals surface area (Å²) < 4.78 is 0. The highest BCUT2D eigenvalue weighted by Gasteiger charge is 2.17. The van der Waals surface area contributed by atoms with Gasteiger partial charge in [-0.2, -0.15) is 0 Å². The molecule has 0 saturated heterocycles. The van der Waals surface area contributed by atoms with Crippen LogP contribution in [0.3, 0.4) is 0 Å². The molecule has 0 spiro atoms. The van der Waals surface area contributed by atoms with Crippen LogP contribution in [0.15, 0.2) is 29.6 Å². The van der Waals surface area contributed by atoms with E-state index in [0.29, 0.717) is 10.0 Å². The van der Waals surface area contributed by atoms with Gasteiger partial charge in [0, 0.05) is 11.9 Å². The van der Waals surface area contributed by atoms with Crippen LogP contribution >= 0.6 is 34.5 Å². The van der Waals surface area contributed by atoms with Gasteiger partial charge in [-0.1, -0.05) is 23.2 Å². The topological polar surface area (TPSA) is 87.3 Å². The molecule has 6 nitrogen and oxygen atoms in total. The molecule has 0 radical (unpaired) electrons. The highest BCUT2D eigenvalue weighted by Crippen LogP contribution is 2.26. The lowest BCUT2D eigenvalue weighted by atomic mass is 10.2. The molecule has 0 fully saturated rings. The van der Waals surface area contributed by atoms with Crippen molar-refractivity contribution in [1.82, 2.24) is 10.9 Å². The summed E-state index contributed by atoms with van der Waals surface area (Å²) in [5.41, 5.74) is 4.87. The van der Waals surface area contributed by atoms with E-state index in [-0.39, 0.29) is 16.1 Å². The fourth-order valence-electron chi connectivity index (χ4n) is 1.64. The number of halogens is 2. The number of carbonyl (C=O) groups is 3. The molecule has 3 amide bonds. The molecule has 120 valence electrons. The van der Waals surface area contributed by atoms with Crippen molar-refractivity contribution in [2.24, 2.45) is 0 Å². The van der Waals surface area contributed by atoms with E-state index in [1.54, 1.807) is 11.4 Å². The van der Waals surface area contributed by atoms with Crippen molar-refractivity contribution in [3.05, 3.63) is 50.8 Å². The summed E-state index contributed by atoms with van der Waals surface area (Å²) in [6, 6.07) is 6.02. The average Bonchev–Trinajstić information content (AvgIpc) is 2.92. The van der Waals surface area contributed by atoms with Crippen molar-refractivity contribution >= 4 is 57.3 Å². The van der Waals surface area contributed by atoms with Crippen LogP contribution in [0.5, 0.6) is 0 Å². The van der Waals surface area contributed by atoms with E-state index in [0.717, 1.165) is 0 Å². The number of hydrazine groups is 1. The zero-order valence-electron chi connectivity index (χ0n) is 11.8. The molecule has 0 bridgehead atoms. The lowest BCUT2D eigenvalue weighted by molar-refractivity contribution is -0.119. The number of anilines is 1. The first kappa shape index (κ1) is 17.3. The highest BCUT2D eigenvalue weighted by molar-refractivity contribution is 7.14. The number of carbonyl (C=O) groups excluding carboxylic acids is 3. The van der Waals surface area contributed by atoms with Crippen LogP contribution < -0.4 is 16.2 Å². The quantitative estimate of drug-likeness (QED) is 0.724. The summed E-state index contributed by atoms with van der Waals surface area (Å²) in [7, 11) is 0. The van der Waals surface area contributed by atoms with Crippen molar-refractivity contribution in [3.63, 3.8) is 0 Å². The Labute approximate surface area is 145 Å². The molecule has 1 aromatic carbocycles. The molecule has 1 aromatic heterocycles. The minimum Gasteiger partial charge on any atom is -0.313 e. The van der Waals surface area contributed by atoms with Crippen molar-refractivity contribution in [1.29, 1.82) is 0 Å². The zero-order valence-corrected chi connectivity index (χ0v) is 14.1. The van der Waals surface area contributed by atoms with E-state index in [9.17, 15) is 14.4 Å². The van der Waals surface area contributed by atoms with Crippen molar-refractivity contribution in [2.75, 3.05) is 5.32 Å². The van der Waals surface area contributed by atoms with Gasteiger partial charge in [-0.15, -0.1) is 11.3 Å². The van der Waals surface area contributed by atoms with Crippen molar-refractivity contribution < 1.29 is 14.4 Å². The number of thiophene rings is 1. The Morgan fingerprint density at radius 1 is 1.00 bits per heavy atom. The average molecular weight is 372 g/mol. The molecular weight excluding hydrogens is 361 g/mol. The first-order chi connectivity index (χ1) is 10.9. The van der Waals surface area contributed by atoms with Crippen LogP contribution in [0.1, 0.15) is 27.6 Å².